The van der Waals surface area contributed by atoms with Crippen LogP contribution in [0, 0.1) is 0 Å². The smallest absolute Gasteiger partial charge is 0.407 e. The summed E-state index contributed by atoms with van der Waals surface area (Å²) in [4.78, 5) is 15.3. The number of piperidine rings is 1. The zero-order chi connectivity index (χ0) is 16.5. The summed E-state index contributed by atoms with van der Waals surface area (Å²) in [6, 6.07) is 8.49. The highest BCUT2D eigenvalue weighted by Crippen LogP contribution is 2.37. The van der Waals surface area contributed by atoms with E-state index in [9.17, 15) is 9.90 Å². The van der Waals surface area contributed by atoms with Crippen molar-refractivity contribution in [2.45, 2.75) is 43.9 Å². The number of carboxylic acid groups (broad SMARTS) is 1. The van der Waals surface area contributed by atoms with E-state index in [0.717, 1.165) is 57.7 Å². The van der Waals surface area contributed by atoms with Crippen molar-refractivity contribution in [2.75, 3.05) is 31.2 Å². The lowest BCUT2D eigenvalue weighted by atomic mass is 10.0. The van der Waals surface area contributed by atoms with E-state index in [4.69, 9.17) is 9.47 Å². The van der Waals surface area contributed by atoms with Crippen molar-refractivity contribution in [3.63, 3.8) is 0 Å². The maximum Gasteiger partial charge on any atom is 0.407 e. The lowest BCUT2D eigenvalue weighted by Gasteiger charge is -2.37. The van der Waals surface area contributed by atoms with E-state index in [-0.39, 0.29) is 18.2 Å². The number of nitrogens with zero attached hydrogens (tertiary/aromatic N) is 2. The summed E-state index contributed by atoms with van der Waals surface area (Å²) in [7, 11) is 0. The first-order valence-corrected chi connectivity index (χ1v) is 8.81. The van der Waals surface area contributed by atoms with Crippen LogP contribution in [0.5, 0.6) is 5.75 Å². The van der Waals surface area contributed by atoms with Crippen LogP contribution >= 0.6 is 0 Å². The molecule has 3 aliphatic heterocycles. The molecule has 1 aromatic rings. The molecule has 3 fully saturated rings. The topological polar surface area (TPSA) is 62.2 Å². The Bertz CT molecular complexity index is 571. The number of ether oxygens (including phenoxy) is 2. The van der Waals surface area contributed by atoms with E-state index in [0.29, 0.717) is 0 Å². The minimum absolute atomic E-state index is 0.118. The molecule has 0 aromatic heterocycles. The number of amides is 1. The monoisotopic (exact) mass is 332 g/mol. The molecule has 3 aliphatic rings. The Morgan fingerprint density at radius 2 is 1.71 bits per heavy atom. The van der Waals surface area contributed by atoms with E-state index in [1.54, 1.807) is 4.90 Å². The van der Waals surface area contributed by atoms with Crippen LogP contribution < -0.4 is 9.64 Å². The van der Waals surface area contributed by atoms with Gasteiger partial charge in [0.15, 0.2) is 0 Å². The molecule has 1 N–H and O–H groups in total. The van der Waals surface area contributed by atoms with Crippen LogP contribution in [-0.2, 0) is 4.74 Å². The number of rotatable bonds is 3. The molecule has 24 heavy (non-hydrogen) atoms. The number of hydrogen-bond donors (Lipinski definition) is 1. The number of hydrogen-bond acceptors (Lipinski definition) is 4. The molecule has 4 rings (SSSR count). The van der Waals surface area contributed by atoms with E-state index >= 15 is 0 Å². The molecule has 0 saturated carbocycles. The van der Waals surface area contributed by atoms with Gasteiger partial charge in [-0.15, -0.1) is 0 Å². The molecule has 0 unspecified atom stereocenters. The van der Waals surface area contributed by atoms with Crippen molar-refractivity contribution < 1.29 is 19.4 Å². The van der Waals surface area contributed by atoms with Gasteiger partial charge in [-0.1, -0.05) is 0 Å². The minimum atomic E-state index is -0.782. The average molecular weight is 332 g/mol. The van der Waals surface area contributed by atoms with Crippen molar-refractivity contribution in [2.24, 2.45) is 0 Å². The summed E-state index contributed by atoms with van der Waals surface area (Å²) in [6.45, 7) is 3.42. The molecule has 3 atom stereocenters. The fourth-order valence-corrected chi connectivity index (χ4v) is 4.29. The third-order valence-electron chi connectivity index (χ3n) is 5.43. The summed E-state index contributed by atoms with van der Waals surface area (Å²) in [5.74, 6) is 0.875. The van der Waals surface area contributed by atoms with Crippen molar-refractivity contribution in [1.29, 1.82) is 0 Å². The van der Waals surface area contributed by atoms with Gasteiger partial charge in [0, 0.05) is 43.7 Å². The predicted molar refractivity (Wildman–Crippen MR) is 89.8 cm³/mol. The summed E-state index contributed by atoms with van der Waals surface area (Å²) in [5.41, 5.74) is 1.20. The lowest BCUT2D eigenvalue weighted by molar-refractivity contribution is 0.0496. The van der Waals surface area contributed by atoms with Crippen molar-refractivity contribution in [1.82, 2.24) is 4.90 Å². The van der Waals surface area contributed by atoms with Crippen LogP contribution in [0.25, 0.3) is 0 Å². The zero-order valence-electron chi connectivity index (χ0n) is 13.8. The average Bonchev–Trinajstić information content (AvgIpc) is 2.88. The summed E-state index contributed by atoms with van der Waals surface area (Å²) < 4.78 is 11.5. The van der Waals surface area contributed by atoms with E-state index in [1.165, 1.54) is 5.69 Å². The van der Waals surface area contributed by atoms with Crippen molar-refractivity contribution in [3.05, 3.63) is 24.3 Å². The molecular weight excluding hydrogens is 308 g/mol. The van der Waals surface area contributed by atoms with Crippen LogP contribution in [0.15, 0.2) is 24.3 Å². The van der Waals surface area contributed by atoms with Crippen molar-refractivity contribution in [3.8, 4) is 5.75 Å². The molecule has 130 valence electrons. The number of morpholine rings is 1. The second-order valence-electron chi connectivity index (χ2n) is 6.88. The summed E-state index contributed by atoms with van der Waals surface area (Å²) >= 11 is 0. The van der Waals surface area contributed by atoms with E-state index in [2.05, 4.69) is 17.0 Å². The Morgan fingerprint density at radius 3 is 2.29 bits per heavy atom. The fraction of sp³-hybridized carbons (Fsp3) is 0.611. The minimum Gasteiger partial charge on any atom is -0.490 e. The number of fused-ring (bicyclic) bond motifs is 2. The van der Waals surface area contributed by atoms with Gasteiger partial charge in [0.2, 0.25) is 0 Å². The molecule has 2 bridgehead atoms. The first-order chi connectivity index (χ1) is 11.7. The second kappa shape index (κ2) is 6.51. The molecule has 6 heteroatoms. The molecule has 3 heterocycles. The largest absolute Gasteiger partial charge is 0.490 e. The first kappa shape index (κ1) is 15.6. The predicted octanol–water partition coefficient (Wildman–Crippen LogP) is 2.58. The number of benzene rings is 1. The zero-order valence-corrected chi connectivity index (χ0v) is 13.8. The van der Waals surface area contributed by atoms with Gasteiger partial charge in [-0.3, -0.25) is 0 Å². The maximum atomic E-state index is 11.3. The highest BCUT2D eigenvalue weighted by molar-refractivity contribution is 5.66. The van der Waals surface area contributed by atoms with Gasteiger partial charge in [-0.2, -0.15) is 0 Å². The van der Waals surface area contributed by atoms with Gasteiger partial charge in [0.05, 0.1) is 13.2 Å². The second-order valence-corrected chi connectivity index (χ2v) is 6.88. The fourth-order valence-electron chi connectivity index (χ4n) is 4.29. The highest BCUT2D eigenvalue weighted by atomic mass is 16.5. The molecule has 3 saturated heterocycles. The van der Waals surface area contributed by atoms with Crippen LogP contribution in [-0.4, -0.2) is 60.6 Å². The van der Waals surface area contributed by atoms with Gasteiger partial charge in [-0.25, -0.2) is 4.79 Å². The third kappa shape index (κ3) is 3.02. The summed E-state index contributed by atoms with van der Waals surface area (Å²) in [5, 5.41) is 9.32. The van der Waals surface area contributed by atoms with Gasteiger partial charge in [0.25, 0.3) is 0 Å². The third-order valence-corrected chi connectivity index (χ3v) is 5.43. The quantitative estimate of drug-likeness (QED) is 0.922. The van der Waals surface area contributed by atoms with Crippen LogP contribution in [0.3, 0.4) is 0 Å². The van der Waals surface area contributed by atoms with Crippen LogP contribution in [0.4, 0.5) is 10.5 Å². The van der Waals surface area contributed by atoms with Crippen molar-refractivity contribution >= 4 is 11.8 Å². The molecule has 1 aromatic carbocycles. The maximum absolute atomic E-state index is 11.3. The summed E-state index contributed by atoms with van der Waals surface area (Å²) in [6.07, 6.45) is 2.87. The Morgan fingerprint density at radius 1 is 1.08 bits per heavy atom. The van der Waals surface area contributed by atoms with E-state index in [1.807, 2.05) is 12.1 Å². The van der Waals surface area contributed by atoms with Gasteiger partial charge < -0.3 is 24.4 Å². The molecule has 0 aliphatic carbocycles. The first-order valence-electron chi connectivity index (χ1n) is 8.81. The standard InChI is InChI=1S/C18H24N2O4/c21-18(22)20-14-1-2-15(20)12-17(11-14)24-16-5-3-13(4-6-16)19-7-9-23-10-8-19/h3-6,14-15,17H,1-2,7-12H2,(H,21,22)/t14-,15+,17-. The normalized spacial score (nSPS) is 29.6. The SMILES string of the molecule is O=C(O)N1[C@@H]2CC[C@H]1C[C@H](Oc1ccc(N3CCOCC3)cc1)C2. The molecule has 0 spiro atoms. The number of carbonyl (C=O) groups is 1. The number of anilines is 1. The van der Waals surface area contributed by atoms with E-state index < -0.39 is 6.09 Å². The lowest BCUT2D eigenvalue weighted by Crippen LogP contribution is -2.48. The van der Waals surface area contributed by atoms with Gasteiger partial charge in [-0.05, 0) is 37.1 Å². The van der Waals surface area contributed by atoms with Gasteiger partial charge >= 0.3 is 6.09 Å². The van der Waals surface area contributed by atoms with Gasteiger partial charge in [0.1, 0.15) is 11.9 Å². The Kier molecular flexibility index (Phi) is 4.22. The Balaban J connectivity index is 1.37. The molecule has 0 radical (unpaired) electrons. The molecule has 1 amide bonds. The van der Waals surface area contributed by atoms with Crippen LogP contribution in [0.2, 0.25) is 0 Å². The molecular formula is C18H24N2O4. The Hall–Kier alpha value is -1.95. The van der Waals surface area contributed by atoms with Crippen LogP contribution in [0.1, 0.15) is 25.7 Å². The molecule has 6 nitrogen and oxygen atoms in total. The Labute approximate surface area is 141 Å². The highest BCUT2D eigenvalue weighted by Gasteiger charge is 2.44.